The molecule has 0 atom stereocenters. The normalized spacial score (nSPS) is 11.4. The first-order chi connectivity index (χ1) is 20.3. The first kappa shape index (κ1) is 31.9. The van der Waals surface area contributed by atoms with Crippen molar-refractivity contribution in [3.63, 3.8) is 0 Å². The Morgan fingerprint density at radius 3 is 2.37 bits per heavy atom. The molecule has 0 saturated heterocycles. The van der Waals surface area contributed by atoms with Crippen molar-refractivity contribution < 1.29 is 31.7 Å². The van der Waals surface area contributed by atoms with Crippen LogP contribution in [-0.4, -0.2) is 60.3 Å². The summed E-state index contributed by atoms with van der Waals surface area (Å²) in [6, 6.07) is 9.24. The molecule has 4 heterocycles. The van der Waals surface area contributed by atoms with E-state index in [-0.39, 0.29) is 10.8 Å². The molecule has 0 bridgehead atoms. The summed E-state index contributed by atoms with van der Waals surface area (Å²) < 4.78 is 56.8. The zero-order valence-electron chi connectivity index (χ0n) is 25.1. The van der Waals surface area contributed by atoms with Crippen LogP contribution in [0.1, 0.15) is 33.2 Å². The third kappa shape index (κ3) is 7.16. The highest BCUT2D eigenvalue weighted by Crippen LogP contribution is 2.40. The SMILES string of the molecule is COCCOc1cc(Cn2nc(OC)c3c(C)nc(C)cc32)ccc1-c1cc(C)sc1S(=O)(=O)O.Cc1onc(N)c1C. The van der Waals surface area contributed by atoms with Gasteiger partial charge in [0.05, 0.1) is 36.9 Å². The molecule has 0 radical (unpaired) electrons. The predicted octanol–water partition coefficient (Wildman–Crippen LogP) is 5.29. The average molecular weight is 630 g/mol. The number of hydrogen-bond acceptors (Lipinski definition) is 11. The molecule has 14 heteroatoms. The lowest BCUT2D eigenvalue weighted by molar-refractivity contribution is 0.146. The van der Waals surface area contributed by atoms with Gasteiger partial charge < -0.3 is 24.5 Å². The van der Waals surface area contributed by atoms with Gasteiger partial charge in [0.25, 0.3) is 0 Å². The van der Waals surface area contributed by atoms with Gasteiger partial charge in [0.2, 0.25) is 5.88 Å². The van der Waals surface area contributed by atoms with E-state index < -0.39 is 10.1 Å². The van der Waals surface area contributed by atoms with E-state index in [9.17, 15) is 13.0 Å². The number of hydrogen-bond donors (Lipinski definition) is 2. The molecule has 0 aliphatic heterocycles. The van der Waals surface area contributed by atoms with E-state index in [1.165, 1.54) is 0 Å². The maximum Gasteiger partial charge on any atom is 0.304 e. The van der Waals surface area contributed by atoms with Crippen molar-refractivity contribution in [2.75, 3.05) is 33.2 Å². The van der Waals surface area contributed by atoms with Crippen LogP contribution in [0.3, 0.4) is 0 Å². The summed E-state index contributed by atoms with van der Waals surface area (Å²) in [6.45, 7) is 10.4. The molecule has 43 heavy (non-hydrogen) atoms. The minimum absolute atomic E-state index is 0.111. The zero-order chi connectivity index (χ0) is 31.5. The van der Waals surface area contributed by atoms with Crippen LogP contribution in [0.2, 0.25) is 0 Å². The summed E-state index contributed by atoms with van der Waals surface area (Å²) in [5.74, 6) is 2.27. The largest absolute Gasteiger partial charge is 0.491 e. The second-order valence-electron chi connectivity index (χ2n) is 9.86. The van der Waals surface area contributed by atoms with Crippen molar-refractivity contribution in [2.45, 2.75) is 45.4 Å². The summed E-state index contributed by atoms with van der Waals surface area (Å²) in [7, 11) is -1.23. The number of aryl methyl sites for hydroxylation is 4. The van der Waals surface area contributed by atoms with Gasteiger partial charge in [0, 0.05) is 34.4 Å². The molecule has 0 amide bonds. The molecule has 0 spiro atoms. The number of nitrogens with two attached hydrogens (primary N) is 1. The Labute approximate surface area is 254 Å². The highest BCUT2D eigenvalue weighted by atomic mass is 32.3. The maximum absolute atomic E-state index is 12.0. The van der Waals surface area contributed by atoms with Crippen LogP contribution in [0.15, 0.2) is 39.1 Å². The Morgan fingerprint density at radius 2 is 1.79 bits per heavy atom. The lowest BCUT2D eigenvalue weighted by Gasteiger charge is -2.14. The molecule has 1 aromatic carbocycles. The topological polar surface area (TPSA) is 165 Å². The van der Waals surface area contributed by atoms with Gasteiger partial charge in [0.15, 0.2) is 10.0 Å². The number of nitrogen functional groups attached to an aromatic ring is 1. The van der Waals surface area contributed by atoms with Crippen molar-refractivity contribution in [3.05, 3.63) is 63.5 Å². The minimum Gasteiger partial charge on any atom is -0.491 e. The number of thiophene rings is 1. The summed E-state index contributed by atoms with van der Waals surface area (Å²) in [4.78, 5) is 5.29. The Kier molecular flexibility index (Phi) is 9.75. The van der Waals surface area contributed by atoms with Crippen LogP contribution in [0.25, 0.3) is 22.0 Å². The van der Waals surface area contributed by atoms with Gasteiger partial charge in [0.1, 0.15) is 18.1 Å². The van der Waals surface area contributed by atoms with Crippen LogP contribution in [0, 0.1) is 34.6 Å². The predicted molar refractivity (Wildman–Crippen MR) is 165 cm³/mol. The number of methoxy groups -OCH3 is 2. The summed E-state index contributed by atoms with van der Waals surface area (Å²) >= 11 is 1.02. The molecule has 5 aromatic rings. The molecule has 4 aromatic heterocycles. The molecule has 3 N–H and O–H groups in total. The molecule has 0 aliphatic carbocycles. The Bertz CT molecular complexity index is 1840. The number of ether oxygens (including phenoxy) is 3. The van der Waals surface area contributed by atoms with Crippen LogP contribution in [0.5, 0.6) is 11.6 Å². The number of nitrogens with zero attached hydrogens (tertiary/aromatic N) is 4. The van der Waals surface area contributed by atoms with E-state index in [0.29, 0.717) is 41.7 Å². The number of fused-ring (bicyclic) bond motifs is 1. The van der Waals surface area contributed by atoms with Crippen LogP contribution in [0.4, 0.5) is 5.82 Å². The first-order valence-electron chi connectivity index (χ1n) is 13.2. The van der Waals surface area contributed by atoms with Crippen molar-refractivity contribution in [2.24, 2.45) is 0 Å². The average Bonchev–Trinajstić information content (AvgIpc) is 3.60. The minimum atomic E-state index is -4.39. The van der Waals surface area contributed by atoms with Gasteiger partial charge >= 0.3 is 10.1 Å². The fraction of sp³-hybridized carbons (Fsp3) is 0.345. The summed E-state index contributed by atoms with van der Waals surface area (Å²) in [5.41, 5.74) is 10.8. The molecular formula is C29H35N5O7S2. The van der Waals surface area contributed by atoms with Crippen molar-refractivity contribution in [1.82, 2.24) is 19.9 Å². The third-order valence-electron chi connectivity index (χ3n) is 6.67. The number of aromatic nitrogens is 4. The molecular weight excluding hydrogens is 594 g/mol. The van der Waals surface area contributed by atoms with E-state index >= 15 is 0 Å². The number of benzene rings is 1. The molecule has 5 rings (SSSR count). The van der Waals surface area contributed by atoms with E-state index in [0.717, 1.165) is 55.4 Å². The van der Waals surface area contributed by atoms with Crippen LogP contribution < -0.4 is 15.2 Å². The van der Waals surface area contributed by atoms with Crippen LogP contribution >= 0.6 is 11.3 Å². The molecule has 0 saturated carbocycles. The van der Waals surface area contributed by atoms with Gasteiger partial charge in [-0.1, -0.05) is 17.3 Å². The van der Waals surface area contributed by atoms with Gasteiger partial charge in [-0.2, -0.15) is 8.42 Å². The summed E-state index contributed by atoms with van der Waals surface area (Å²) in [6.07, 6.45) is 0. The monoisotopic (exact) mass is 629 g/mol. The van der Waals surface area contributed by atoms with Gasteiger partial charge in [-0.05, 0) is 58.4 Å². The second kappa shape index (κ2) is 13.1. The summed E-state index contributed by atoms with van der Waals surface area (Å²) in [5, 5.41) is 9.00. The van der Waals surface area contributed by atoms with E-state index in [4.69, 9.17) is 24.5 Å². The quantitative estimate of drug-likeness (QED) is 0.161. The molecule has 0 unspecified atom stereocenters. The molecule has 0 aliphatic rings. The Morgan fingerprint density at radius 1 is 1.05 bits per heavy atom. The van der Waals surface area contributed by atoms with Gasteiger partial charge in [-0.25, -0.2) is 0 Å². The van der Waals surface area contributed by atoms with Crippen molar-refractivity contribution >= 4 is 38.2 Å². The lowest BCUT2D eigenvalue weighted by atomic mass is 10.0. The number of pyridine rings is 1. The molecule has 0 fully saturated rings. The fourth-order valence-electron chi connectivity index (χ4n) is 4.47. The maximum atomic E-state index is 12.0. The number of rotatable bonds is 9. The highest BCUT2D eigenvalue weighted by molar-refractivity contribution is 7.88. The number of anilines is 1. The van der Waals surface area contributed by atoms with E-state index in [1.54, 1.807) is 33.3 Å². The molecule has 12 nitrogen and oxygen atoms in total. The lowest BCUT2D eigenvalue weighted by Crippen LogP contribution is -2.07. The van der Waals surface area contributed by atoms with Crippen molar-refractivity contribution in [3.8, 4) is 22.8 Å². The third-order valence-corrected chi connectivity index (χ3v) is 9.08. The van der Waals surface area contributed by atoms with Crippen molar-refractivity contribution in [1.29, 1.82) is 0 Å². The van der Waals surface area contributed by atoms with E-state index in [1.807, 2.05) is 50.6 Å². The Balaban J connectivity index is 0.000000458. The second-order valence-corrected chi connectivity index (χ2v) is 12.7. The smallest absolute Gasteiger partial charge is 0.304 e. The standard InChI is InChI=1S/C24H27N3O6S2.C5H8N2O/c1-14-10-20-22(16(3)25-14)23(32-5)26-27(20)13-17-6-7-18(21(12-17)33-9-8-31-4)19-11-15(2)34-24(19)35(28,29)30;1-3-4(2)8-7-5(3)6/h6-7,10-12H,8-9,13H2,1-5H3,(H,28,29,30);1-2H3,(H2,6,7). The zero-order valence-corrected chi connectivity index (χ0v) is 26.7. The van der Waals surface area contributed by atoms with Gasteiger partial charge in [-0.15, -0.1) is 16.4 Å². The highest BCUT2D eigenvalue weighted by Gasteiger charge is 2.23. The van der Waals surface area contributed by atoms with Gasteiger partial charge in [-0.3, -0.25) is 14.2 Å². The Hall–Kier alpha value is -3.98. The van der Waals surface area contributed by atoms with E-state index in [2.05, 4.69) is 15.2 Å². The molecule has 230 valence electrons. The van der Waals surface area contributed by atoms with Crippen LogP contribution in [-0.2, 0) is 21.4 Å². The fourth-order valence-corrected chi connectivity index (χ4v) is 6.49. The first-order valence-corrected chi connectivity index (χ1v) is 15.5.